The molecule has 5 nitrogen and oxygen atoms in total. The summed E-state index contributed by atoms with van der Waals surface area (Å²) in [5.74, 6) is -1.15. The maximum atomic E-state index is 10.5. The number of aliphatic hydroxyl groups excluding tert-OH is 3. The Balaban J connectivity index is 4.31. The van der Waals surface area contributed by atoms with Gasteiger partial charge in [-0.25, -0.2) is 0 Å². The maximum Gasteiger partial charge on any atom is 0.228 e. The second-order valence-electron chi connectivity index (χ2n) is 1.95. The number of hydrogen-bond donors (Lipinski definition) is 4. The Morgan fingerprint density at radius 3 is 2.27 bits per heavy atom. The number of halogens is 1. The van der Waals surface area contributed by atoms with Crippen molar-refractivity contribution in [2.24, 2.45) is 0 Å². The van der Waals surface area contributed by atoms with Gasteiger partial charge in [0.2, 0.25) is 10.8 Å². The van der Waals surface area contributed by atoms with E-state index in [1.807, 2.05) is 0 Å². The summed E-state index contributed by atoms with van der Waals surface area (Å²) in [4.78, 5) is 10.5. The molecule has 0 fully saturated rings. The van der Waals surface area contributed by atoms with E-state index in [9.17, 15) is 4.79 Å². The van der Waals surface area contributed by atoms with Gasteiger partial charge in [0.1, 0.15) is 12.7 Å². The Kier molecular flexibility index (Phi) is 3.91. The number of Topliss-reactive ketones (excluding diaryl/α,β-unsaturated/α-hetero) is 1. The van der Waals surface area contributed by atoms with Gasteiger partial charge in [-0.1, -0.05) is 11.6 Å². The molecule has 0 aliphatic heterocycles. The molecule has 6 heteroatoms. The second kappa shape index (κ2) is 3.99. The zero-order chi connectivity index (χ0) is 9.07. The Hall–Kier alpha value is -0.200. The number of carbonyl (C=O) groups is 1. The minimum absolute atomic E-state index is 0.855. The van der Waals surface area contributed by atoms with Crippen LogP contribution in [-0.4, -0.2) is 50.6 Å². The maximum absolute atomic E-state index is 10.5. The molecule has 0 spiro atoms. The average molecular weight is 185 g/mol. The lowest BCUT2D eigenvalue weighted by Gasteiger charge is -2.22. The van der Waals surface area contributed by atoms with Crippen LogP contribution in [0, 0.1) is 0 Å². The predicted molar refractivity (Wildman–Crippen MR) is 36.0 cm³/mol. The lowest BCUT2D eigenvalue weighted by atomic mass is 10.1. The van der Waals surface area contributed by atoms with E-state index in [-0.39, 0.29) is 0 Å². The Morgan fingerprint density at radius 1 is 1.55 bits per heavy atom. The summed E-state index contributed by atoms with van der Waals surface area (Å²) in [6, 6.07) is 0. The monoisotopic (exact) mass is 184 g/mol. The number of aliphatic hydroxyl groups is 4. The van der Waals surface area contributed by atoms with Crippen molar-refractivity contribution in [3.8, 4) is 0 Å². The van der Waals surface area contributed by atoms with Gasteiger partial charge in [0.25, 0.3) is 0 Å². The van der Waals surface area contributed by atoms with E-state index < -0.39 is 30.2 Å². The summed E-state index contributed by atoms with van der Waals surface area (Å²) in [7, 11) is 0. The largest absolute Gasteiger partial charge is 0.394 e. The van der Waals surface area contributed by atoms with Gasteiger partial charge in [0, 0.05) is 0 Å². The van der Waals surface area contributed by atoms with Crippen molar-refractivity contribution in [3.63, 3.8) is 0 Å². The lowest BCUT2D eigenvalue weighted by molar-refractivity contribution is -0.142. The first-order chi connectivity index (χ1) is 4.96. The van der Waals surface area contributed by atoms with E-state index in [4.69, 9.17) is 32.0 Å². The third kappa shape index (κ3) is 2.39. The molecule has 0 bridgehead atoms. The van der Waals surface area contributed by atoms with Crippen molar-refractivity contribution < 1.29 is 25.2 Å². The molecule has 0 saturated carbocycles. The number of alkyl halides is 1. The summed E-state index contributed by atoms with van der Waals surface area (Å²) < 4.78 is 0. The van der Waals surface area contributed by atoms with Gasteiger partial charge in [-0.3, -0.25) is 4.79 Å². The molecule has 0 aromatic heterocycles. The van der Waals surface area contributed by atoms with Crippen LogP contribution in [0.2, 0.25) is 0 Å². The molecule has 0 amide bonds. The van der Waals surface area contributed by atoms with Crippen molar-refractivity contribution in [2.45, 2.75) is 11.2 Å². The fourth-order valence-electron chi connectivity index (χ4n) is 0.418. The van der Waals surface area contributed by atoms with Crippen molar-refractivity contribution in [3.05, 3.63) is 0 Å². The molecule has 0 aliphatic carbocycles. The quantitative estimate of drug-likeness (QED) is 0.373. The number of hydrogen-bond acceptors (Lipinski definition) is 5. The van der Waals surface area contributed by atoms with E-state index in [0.29, 0.717) is 0 Å². The molecular formula is C5H9ClO5. The number of rotatable bonds is 4. The predicted octanol–water partition coefficient (Wildman–Crippen LogP) is -2.17. The summed E-state index contributed by atoms with van der Waals surface area (Å²) in [6.07, 6.45) is -1.79. The van der Waals surface area contributed by atoms with Crippen molar-refractivity contribution in [1.29, 1.82) is 0 Å². The first-order valence-electron chi connectivity index (χ1n) is 2.81. The molecule has 0 unspecified atom stereocenters. The third-order valence-corrected chi connectivity index (χ3v) is 1.61. The van der Waals surface area contributed by atoms with Gasteiger partial charge >= 0.3 is 0 Å². The zero-order valence-electron chi connectivity index (χ0n) is 5.57. The van der Waals surface area contributed by atoms with Crippen LogP contribution < -0.4 is 0 Å². The first-order valence-corrected chi connectivity index (χ1v) is 3.19. The molecule has 4 N–H and O–H groups in total. The van der Waals surface area contributed by atoms with E-state index in [1.54, 1.807) is 0 Å². The highest BCUT2D eigenvalue weighted by atomic mass is 35.5. The fourth-order valence-corrected chi connectivity index (χ4v) is 0.546. The number of carbonyl (C=O) groups excluding carboxylic acids is 1. The smallest absolute Gasteiger partial charge is 0.228 e. The fraction of sp³-hybridized carbons (Fsp3) is 0.800. The SMILES string of the molecule is O=C(CO)[C@@](O)(Cl)[C@H](O)CO. The summed E-state index contributed by atoms with van der Waals surface area (Å²) in [5, 5.41) is 31.5. The van der Waals surface area contributed by atoms with Crippen LogP contribution in [-0.2, 0) is 4.79 Å². The molecule has 11 heavy (non-hydrogen) atoms. The van der Waals surface area contributed by atoms with Crippen LogP contribution >= 0.6 is 11.6 Å². The van der Waals surface area contributed by atoms with Crippen LogP contribution in [0.25, 0.3) is 0 Å². The Labute approximate surface area is 67.8 Å². The normalized spacial score (nSPS) is 19.0. The minimum Gasteiger partial charge on any atom is -0.394 e. The molecule has 0 aliphatic rings. The zero-order valence-corrected chi connectivity index (χ0v) is 6.32. The van der Waals surface area contributed by atoms with Crippen molar-refractivity contribution in [1.82, 2.24) is 0 Å². The minimum atomic E-state index is -2.59. The topological polar surface area (TPSA) is 98.0 Å². The molecule has 0 aromatic rings. The van der Waals surface area contributed by atoms with Gasteiger partial charge in [-0.05, 0) is 0 Å². The molecule has 0 rings (SSSR count). The Bertz CT molecular complexity index is 146. The van der Waals surface area contributed by atoms with Crippen molar-refractivity contribution in [2.75, 3.05) is 13.2 Å². The molecule has 66 valence electrons. The van der Waals surface area contributed by atoms with Gasteiger partial charge in [-0.2, -0.15) is 0 Å². The highest BCUT2D eigenvalue weighted by Gasteiger charge is 2.40. The summed E-state index contributed by atoms with van der Waals surface area (Å²) >= 11 is 5.07. The highest BCUT2D eigenvalue weighted by molar-refractivity contribution is 6.34. The van der Waals surface area contributed by atoms with Gasteiger partial charge in [0.15, 0.2) is 0 Å². The third-order valence-electron chi connectivity index (χ3n) is 1.15. The van der Waals surface area contributed by atoms with E-state index in [2.05, 4.69) is 0 Å². The van der Waals surface area contributed by atoms with E-state index in [1.165, 1.54) is 0 Å². The van der Waals surface area contributed by atoms with Crippen LogP contribution in [0.5, 0.6) is 0 Å². The van der Waals surface area contributed by atoms with Crippen LogP contribution in [0.1, 0.15) is 0 Å². The van der Waals surface area contributed by atoms with Gasteiger partial charge < -0.3 is 20.4 Å². The highest BCUT2D eigenvalue weighted by Crippen LogP contribution is 2.16. The lowest BCUT2D eigenvalue weighted by Crippen LogP contribution is -2.47. The van der Waals surface area contributed by atoms with Crippen LogP contribution in [0.15, 0.2) is 0 Å². The van der Waals surface area contributed by atoms with Gasteiger partial charge in [-0.15, -0.1) is 0 Å². The van der Waals surface area contributed by atoms with Gasteiger partial charge in [0.05, 0.1) is 6.61 Å². The average Bonchev–Trinajstić information content (AvgIpc) is 2.01. The van der Waals surface area contributed by atoms with Crippen LogP contribution in [0.3, 0.4) is 0 Å². The molecule has 2 atom stereocenters. The van der Waals surface area contributed by atoms with E-state index >= 15 is 0 Å². The number of ketones is 1. The van der Waals surface area contributed by atoms with E-state index in [0.717, 1.165) is 0 Å². The Morgan fingerprint density at radius 2 is 2.00 bits per heavy atom. The first kappa shape index (κ1) is 10.8. The molecule has 0 heterocycles. The summed E-state index contributed by atoms with van der Waals surface area (Å²) in [5.41, 5.74) is 0. The molecule has 0 aromatic carbocycles. The van der Waals surface area contributed by atoms with Crippen molar-refractivity contribution >= 4 is 17.4 Å². The standard InChI is InChI=1S/C5H9ClO5/c6-5(11,3(9)1-7)4(10)2-8/h3,7-9,11H,1-2H2/t3-,5-/m1/s1. The molecule has 0 saturated heterocycles. The summed E-state index contributed by atoms with van der Waals surface area (Å²) in [6.45, 7) is -1.84. The van der Waals surface area contributed by atoms with Crippen LogP contribution in [0.4, 0.5) is 0 Å². The molecule has 0 radical (unpaired) electrons. The molecular weight excluding hydrogens is 176 g/mol. The second-order valence-corrected chi connectivity index (χ2v) is 2.53.